The van der Waals surface area contributed by atoms with Crippen LogP contribution in [0.15, 0.2) is 17.1 Å². The zero-order valence-electron chi connectivity index (χ0n) is 7.29. The normalized spacial score (nSPS) is 6.40. The van der Waals surface area contributed by atoms with Crippen LogP contribution in [0.1, 0.15) is 34.1 Å². The average molecular weight is 159 g/mol. The molecule has 0 saturated heterocycles. The van der Waals surface area contributed by atoms with Gasteiger partial charge in [0.25, 0.3) is 0 Å². The Labute approximate surface area is 68.1 Å². The summed E-state index contributed by atoms with van der Waals surface area (Å²) >= 11 is 1.60. The lowest BCUT2D eigenvalue weighted by Gasteiger charge is -1.48. The molecule has 0 fully saturated rings. The Balaban J connectivity index is 0. The molecule has 0 unspecified atom stereocenters. The van der Waals surface area contributed by atoms with Crippen molar-refractivity contribution in [3.05, 3.63) is 17.1 Å². The third kappa shape index (κ3) is 15.6. The fraction of sp³-hybridized carbons (Fsp3) is 0.625. The van der Waals surface area contributed by atoms with E-state index in [1.165, 1.54) is 6.42 Å². The van der Waals surface area contributed by atoms with Crippen LogP contribution in [0.4, 0.5) is 0 Å². The molecule has 0 aliphatic rings. The van der Waals surface area contributed by atoms with E-state index < -0.39 is 0 Å². The summed E-state index contributed by atoms with van der Waals surface area (Å²) in [5.41, 5.74) is 1.79. The lowest BCUT2D eigenvalue weighted by atomic mass is 10.6. The summed E-state index contributed by atoms with van der Waals surface area (Å²) in [5.74, 6) is 0. The molecule has 1 aromatic heterocycles. The Kier molecular flexibility index (Phi) is 19.5. The van der Waals surface area contributed by atoms with Gasteiger partial charge in [-0.05, 0) is 0 Å². The third-order valence-electron chi connectivity index (χ3n) is 0.347. The predicted octanol–water partition coefficient (Wildman–Crippen LogP) is 3.59. The molecule has 1 heterocycles. The fourth-order valence-corrected chi connectivity index (χ4v) is 0.527. The Morgan fingerprint density at radius 1 is 1.30 bits per heavy atom. The highest BCUT2D eigenvalue weighted by atomic mass is 32.1. The summed E-state index contributed by atoms with van der Waals surface area (Å²) in [6.07, 6.45) is 3.02. The molecule has 0 bridgehead atoms. The summed E-state index contributed by atoms with van der Waals surface area (Å²) < 4.78 is 0. The first kappa shape index (κ1) is 12.3. The van der Waals surface area contributed by atoms with Crippen LogP contribution in [-0.4, -0.2) is 4.98 Å². The Bertz CT molecular complexity index is 76.2. The lowest BCUT2D eigenvalue weighted by molar-refractivity contribution is 1.09. The van der Waals surface area contributed by atoms with E-state index >= 15 is 0 Å². The minimum absolute atomic E-state index is 1.25. The summed E-state index contributed by atoms with van der Waals surface area (Å²) in [6.45, 7) is 8.25. The van der Waals surface area contributed by atoms with E-state index in [4.69, 9.17) is 0 Å². The number of rotatable bonds is 0. The van der Waals surface area contributed by atoms with Gasteiger partial charge in [0.15, 0.2) is 0 Å². The summed E-state index contributed by atoms with van der Waals surface area (Å²) in [6, 6.07) is 0. The van der Waals surface area contributed by atoms with Crippen LogP contribution >= 0.6 is 11.3 Å². The van der Waals surface area contributed by atoms with E-state index in [0.717, 1.165) is 0 Å². The SMILES string of the molecule is CC.CCC.c1cscn1. The molecule has 0 radical (unpaired) electrons. The number of hydrogen-bond donors (Lipinski definition) is 0. The number of nitrogens with zero attached hydrogens (tertiary/aromatic N) is 1. The van der Waals surface area contributed by atoms with Crippen molar-refractivity contribution in [2.75, 3.05) is 0 Å². The van der Waals surface area contributed by atoms with Gasteiger partial charge in [0.2, 0.25) is 0 Å². The van der Waals surface area contributed by atoms with Crippen molar-refractivity contribution in [2.45, 2.75) is 34.1 Å². The van der Waals surface area contributed by atoms with Gasteiger partial charge in [0.1, 0.15) is 0 Å². The highest BCUT2D eigenvalue weighted by Gasteiger charge is 1.59. The van der Waals surface area contributed by atoms with E-state index in [1.807, 2.05) is 19.2 Å². The van der Waals surface area contributed by atoms with Crippen molar-refractivity contribution in [1.29, 1.82) is 0 Å². The molecular formula is C8H17NS. The van der Waals surface area contributed by atoms with Gasteiger partial charge in [-0.15, -0.1) is 11.3 Å². The van der Waals surface area contributed by atoms with Crippen molar-refractivity contribution in [3.8, 4) is 0 Å². The van der Waals surface area contributed by atoms with Gasteiger partial charge < -0.3 is 0 Å². The van der Waals surface area contributed by atoms with Gasteiger partial charge in [-0.1, -0.05) is 34.1 Å². The molecule has 0 aromatic carbocycles. The van der Waals surface area contributed by atoms with Gasteiger partial charge in [-0.3, -0.25) is 4.98 Å². The molecule has 2 heteroatoms. The highest BCUT2D eigenvalue weighted by Crippen LogP contribution is 1.85. The summed E-state index contributed by atoms with van der Waals surface area (Å²) in [5, 5.41) is 1.93. The first-order valence-corrected chi connectivity index (χ1v) is 4.68. The van der Waals surface area contributed by atoms with Crippen LogP contribution in [0.5, 0.6) is 0 Å². The molecule has 0 atom stereocenters. The molecule has 0 aliphatic carbocycles. The van der Waals surface area contributed by atoms with Crippen molar-refractivity contribution in [3.63, 3.8) is 0 Å². The van der Waals surface area contributed by atoms with Crippen LogP contribution in [0, 0.1) is 0 Å². The smallest absolute Gasteiger partial charge is 0.0791 e. The average Bonchev–Trinajstić information content (AvgIpc) is 2.48. The molecule has 0 aliphatic heterocycles. The van der Waals surface area contributed by atoms with Crippen molar-refractivity contribution in [2.24, 2.45) is 0 Å². The summed E-state index contributed by atoms with van der Waals surface area (Å²) in [7, 11) is 0. The van der Waals surface area contributed by atoms with Gasteiger partial charge >= 0.3 is 0 Å². The molecule has 10 heavy (non-hydrogen) atoms. The second-order valence-corrected chi connectivity index (χ2v) is 2.14. The molecule has 0 N–H and O–H groups in total. The van der Waals surface area contributed by atoms with Crippen LogP contribution < -0.4 is 0 Å². The van der Waals surface area contributed by atoms with Crippen molar-refractivity contribution in [1.82, 2.24) is 4.98 Å². The maximum absolute atomic E-state index is 3.74. The van der Waals surface area contributed by atoms with E-state index in [-0.39, 0.29) is 0 Å². The maximum atomic E-state index is 3.74. The number of thiazole rings is 1. The second-order valence-electron chi connectivity index (χ2n) is 1.38. The molecule has 1 aromatic rings. The third-order valence-corrected chi connectivity index (χ3v) is 0.869. The van der Waals surface area contributed by atoms with E-state index in [0.29, 0.717) is 0 Å². The molecule has 0 amide bonds. The zero-order chi connectivity index (χ0) is 8.24. The fourth-order valence-electron chi connectivity index (χ4n) is 0.176. The van der Waals surface area contributed by atoms with Gasteiger partial charge in [-0.2, -0.15) is 0 Å². The van der Waals surface area contributed by atoms with E-state index in [2.05, 4.69) is 18.8 Å². The van der Waals surface area contributed by atoms with Gasteiger partial charge in [0.05, 0.1) is 5.51 Å². The largest absolute Gasteiger partial charge is 0.253 e. The predicted molar refractivity (Wildman–Crippen MR) is 49.4 cm³/mol. The summed E-state index contributed by atoms with van der Waals surface area (Å²) in [4.78, 5) is 3.74. The van der Waals surface area contributed by atoms with Crippen LogP contribution in [-0.2, 0) is 0 Å². The van der Waals surface area contributed by atoms with E-state index in [9.17, 15) is 0 Å². The van der Waals surface area contributed by atoms with Crippen LogP contribution in [0.25, 0.3) is 0 Å². The molecule has 60 valence electrons. The molecular weight excluding hydrogens is 142 g/mol. The first-order chi connectivity index (χ1) is 4.91. The molecule has 1 rings (SSSR count). The highest BCUT2D eigenvalue weighted by molar-refractivity contribution is 7.07. The zero-order valence-corrected chi connectivity index (χ0v) is 8.11. The Morgan fingerprint density at radius 3 is 1.90 bits per heavy atom. The quantitative estimate of drug-likeness (QED) is 0.564. The number of aromatic nitrogens is 1. The molecule has 1 nitrogen and oxygen atoms in total. The van der Waals surface area contributed by atoms with E-state index in [1.54, 1.807) is 23.0 Å². The van der Waals surface area contributed by atoms with Gasteiger partial charge in [0, 0.05) is 11.6 Å². The Hall–Kier alpha value is -0.370. The monoisotopic (exact) mass is 159 g/mol. The topological polar surface area (TPSA) is 12.9 Å². The Morgan fingerprint density at radius 2 is 1.80 bits per heavy atom. The first-order valence-electron chi connectivity index (χ1n) is 3.74. The minimum Gasteiger partial charge on any atom is -0.253 e. The maximum Gasteiger partial charge on any atom is 0.0791 e. The van der Waals surface area contributed by atoms with Crippen molar-refractivity contribution >= 4 is 11.3 Å². The lowest BCUT2D eigenvalue weighted by Crippen LogP contribution is -1.38. The second kappa shape index (κ2) is 15.9. The van der Waals surface area contributed by atoms with Crippen LogP contribution in [0.3, 0.4) is 0 Å². The number of hydrogen-bond acceptors (Lipinski definition) is 2. The van der Waals surface area contributed by atoms with Gasteiger partial charge in [-0.25, -0.2) is 0 Å². The van der Waals surface area contributed by atoms with Crippen molar-refractivity contribution < 1.29 is 0 Å². The molecule has 0 spiro atoms. The minimum atomic E-state index is 1.25. The van der Waals surface area contributed by atoms with Crippen LogP contribution in [0.2, 0.25) is 0 Å². The standard InChI is InChI=1S/C3H3NS.C3H8.C2H6/c1-2-5-3-4-1;1-3-2;1-2/h1-3H;3H2,1-2H3;1-2H3. The molecule has 0 saturated carbocycles.